The first-order valence-electron chi connectivity index (χ1n) is 6.39. The van der Waals surface area contributed by atoms with Crippen LogP contribution in [-0.2, 0) is 9.53 Å². The second kappa shape index (κ2) is 5.82. The first-order chi connectivity index (χ1) is 9.06. The highest BCUT2D eigenvalue weighted by atomic mass is 16.7. The zero-order valence-electron chi connectivity index (χ0n) is 11.4. The molecule has 0 aliphatic carbocycles. The molecule has 0 bridgehead atoms. The number of nitrogens with one attached hydrogen (secondary N) is 1. The average Bonchev–Trinajstić information content (AvgIpc) is 2.83. The Morgan fingerprint density at radius 1 is 1.32 bits per heavy atom. The van der Waals surface area contributed by atoms with E-state index in [0.29, 0.717) is 18.3 Å². The van der Waals surface area contributed by atoms with Crippen molar-refractivity contribution in [2.45, 2.75) is 26.8 Å². The smallest absolute Gasteiger partial charge is 0.328 e. The third kappa shape index (κ3) is 3.53. The zero-order valence-corrected chi connectivity index (χ0v) is 11.4. The van der Waals surface area contributed by atoms with Gasteiger partial charge >= 0.3 is 5.97 Å². The Hall–Kier alpha value is -1.91. The molecule has 0 aromatic heterocycles. The SMILES string of the molecule is CC(C)COC(=O)C(C)Nc1ccc2c(c1)OCO2. The van der Waals surface area contributed by atoms with Gasteiger partial charge in [-0.1, -0.05) is 13.8 Å². The van der Waals surface area contributed by atoms with Crippen LogP contribution in [-0.4, -0.2) is 25.4 Å². The van der Waals surface area contributed by atoms with Crippen molar-refractivity contribution in [2.75, 3.05) is 18.7 Å². The van der Waals surface area contributed by atoms with E-state index in [4.69, 9.17) is 14.2 Å². The second-order valence-corrected chi connectivity index (χ2v) is 4.96. The molecule has 1 heterocycles. The maximum Gasteiger partial charge on any atom is 0.328 e. The van der Waals surface area contributed by atoms with Crippen LogP contribution >= 0.6 is 0 Å². The van der Waals surface area contributed by atoms with Crippen LogP contribution in [0.3, 0.4) is 0 Å². The van der Waals surface area contributed by atoms with E-state index in [2.05, 4.69) is 5.32 Å². The van der Waals surface area contributed by atoms with Crippen LogP contribution in [0.2, 0.25) is 0 Å². The molecule has 0 saturated carbocycles. The van der Waals surface area contributed by atoms with Crippen LogP contribution in [0, 0.1) is 5.92 Å². The van der Waals surface area contributed by atoms with Gasteiger partial charge in [0.2, 0.25) is 6.79 Å². The quantitative estimate of drug-likeness (QED) is 0.828. The minimum absolute atomic E-state index is 0.241. The van der Waals surface area contributed by atoms with Crippen molar-refractivity contribution >= 4 is 11.7 Å². The van der Waals surface area contributed by atoms with Gasteiger partial charge in [-0.3, -0.25) is 0 Å². The van der Waals surface area contributed by atoms with Gasteiger partial charge in [0.15, 0.2) is 11.5 Å². The monoisotopic (exact) mass is 265 g/mol. The number of fused-ring (bicyclic) bond motifs is 1. The molecule has 1 unspecified atom stereocenters. The Morgan fingerprint density at radius 2 is 2.05 bits per heavy atom. The first kappa shape index (κ1) is 13.5. The van der Waals surface area contributed by atoms with Crippen molar-refractivity contribution in [3.05, 3.63) is 18.2 Å². The fourth-order valence-corrected chi connectivity index (χ4v) is 1.67. The fourth-order valence-electron chi connectivity index (χ4n) is 1.67. The molecule has 1 N–H and O–H groups in total. The summed E-state index contributed by atoms with van der Waals surface area (Å²) in [7, 11) is 0. The minimum Gasteiger partial charge on any atom is -0.464 e. The van der Waals surface area contributed by atoms with Crippen LogP contribution in [0.1, 0.15) is 20.8 Å². The first-order valence-corrected chi connectivity index (χ1v) is 6.39. The summed E-state index contributed by atoms with van der Waals surface area (Å²) in [5.41, 5.74) is 0.804. The summed E-state index contributed by atoms with van der Waals surface area (Å²) in [6, 6.07) is 5.07. The molecule has 2 rings (SSSR count). The number of hydrogen-bond donors (Lipinski definition) is 1. The molecule has 5 heteroatoms. The van der Waals surface area contributed by atoms with E-state index >= 15 is 0 Å². The standard InChI is InChI=1S/C14H19NO4/c1-9(2)7-17-14(16)10(3)15-11-4-5-12-13(6-11)19-8-18-12/h4-6,9-10,15H,7-8H2,1-3H3. The number of rotatable bonds is 5. The van der Waals surface area contributed by atoms with Crippen LogP contribution in [0.4, 0.5) is 5.69 Å². The molecule has 19 heavy (non-hydrogen) atoms. The Morgan fingerprint density at radius 3 is 2.79 bits per heavy atom. The minimum atomic E-state index is -0.404. The number of carbonyl (C=O) groups excluding carboxylic acids is 1. The summed E-state index contributed by atoms with van der Waals surface area (Å²) < 4.78 is 15.7. The highest BCUT2D eigenvalue weighted by Crippen LogP contribution is 2.34. The van der Waals surface area contributed by atoms with Crippen molar-refractivity contribution in [1.82, 2.24) is 0 Å². The summed E-state index contributed by atoms with van der Waals surface area (Å²) >= 11 is 0. The summed E-state index contributed by atoms with van der Waals surface area (Å²) in [5.74, 6) is 1.49. The molecule has 1 aromatic carbocycles. The van der Waals surface area contributed by atoms with Crippen molar-refractivity contribution < 1.29 is 19.0 Å². The van der Waals surface area contributed by atoms with Gasteiger partial charge in [-0.25, -0.2) is 4.79 Å². The largest absolute Gasteiger partial charge is 0.464 e. The van der Waals surface area contributed by atoms with E-state index in [1.807, 2.05) is 32.0 Å². The average molecular weight is 265 g/mol. The van der Waals surface area contributed by atoms with E-state index in [0.717, 1.165) is 11.4 Å². The van der Waals surface area contributed by atoms with Crippen LogP contribution in [0.5, 0.6) is 11.5 Å². The van der Waals surface area contributed by atoms with Gasteiger partial charge in [0.25, 0.3) is 0 Å². The van der Waals surface area contributed by atoms with Crippen molar-refractivity contribution in [1.29, 1.82) is 0 Å². The fraction of sp³-hybridized carbons (Fsp3) is 0.500. The number of esters is 1. The van der Waals surface area contributed by atoms with E-state index in [-0.39, 0.29) is 12.8 Å². The van der Waals surface area contributed by atoms with Gasteiger partial charge in [-0.2, -0.15) is 0 Å². The normalized spacial score (nSPS) is 14.3. The van der Waals surface area contributed by atoms with E-state index in [9.17, 15) is 4.79 Å². The Labute approximate surface area is 112 Å². The van der Waals surface area contributed by atoms with Crippen molar-refractivity contribution in [3.63, 3.8) is 0 Å². The lowest BCUT2D eigenvalue weighted by molar-refractivity contribution is -0.145. The Kier molecular flexibility index (Phi) is 4.14. The topological polar surface area (TPSA) is 56.8 Å². The number of hydrogen-bond acceptors (Lipinski definition) is 5. The van der Waals surface area contributed by atoms with Gasteiger partial charge < -0.3 is 19.5 Å². The van der Waals surface area contributed by atoms with Crippen LogP contribution in [0.25, 0.3) is 0 Å². The summed E-state index contributed by atoms with van der Waals surface area (Å²) in [5, 5.41) is 3.08. The molecule has 1 aromatic rings. The molecular weight excluding hydrogens is 246 g/mol. The highest BCUT2D eigenvalue weighted by molar-refractivity contribution is 5.79. The third-order valence-corrected chi connectivity index (χ3v) is 2.67. The van der Waals surface area contributed by atoms with Gasteiger partial charge in [-0.15, -0.1) is 0 Å². The van der Waals surface area contributed by atoms with Gasteiger partial charge in [0.05, 0.1) is 6.61 Å². The molecule has 0 amide bonds. The van der Waals surface area contributed by atoms with Gasteiger partial charge in [0.1, 0.15) is 6.04 Å². The second-order valence-electron chi connectivity index (χ2n) is 4.96. The summed E-state index contributed by atoms with van der Waals surface area (Å²) in [6.07, 6.45) is 0. The lowest BCUT2D eigenvalue weighted by Crippen LogP contribution is -2.29. The summed E-state index contributed by atoms with van der Waals surface area (Å²) in [6.45, 7) is 6.45. The predicted octanol–water partition coefficient (Wildman–Crippen LogP) is 2.41. The molecule has 1 aliphatic rings. The third-order valence-electron chi connectivity index (χ3n) is 2.67. The molecule has 5 nitrogen and oxygen atoms in total. The van der Waals surface area contributed by atoms with E-state index in [1.165, 1.54) is 0 Å². The lowest BCUT2D eigenvalue weighted by atomic mass is 10.2. The number of anilines is 1. The number of benzene rings is 1. The highest BCUT2D eigenvalue weighted by Gasteiger charge is 2.17. The van der Waals surface area contributed by atoms with E-state index in [1.54, 1.807) is 6.92 Å². The van der Waals surface area contributed by atoms with Crippen LogP contribution < -0.4 is 14.8 Å². The van der Waals surface area contributed by atoms with Crippen molar-refractivity contribution in [3.8, 4) is 11.5 Å². The van der Waals surface area contributed by atoms with E-state index < -0.39 is 6.04 Å². The zero-order chi connectivity index (χ0) is 13.8. The molecule has 1 aliphatic heterocycles. The van der Waals surface area contributed by atoms with Crippen molar-refractivity contribution in [2.24, 2.45) is 5.92 Å². The Bertz CT molecular complexity index is 459. The lowest BCUT2D eigenvalue weighted by Gasteiger charge is -2.15. The molecule has 0 fully saturated rings. The molecular formula is C14H19NO4. The summed E-state index contributed by atoms with van der Waals surface area (Å²) in [4.78, 5) is 11.7. The van der Waals surface area contributed by atoms with Gasteiger partial charge in [-0.05, 0) is 25.0 Å². The molecule has 104 valence electrons. The Balaban J connectivity index is 1.91. The molecule has 0 radical (unpaired) electrons. The van der Waals surface area contributed by atoms with Gasteiger partial charge in [0, 0.05) is 11.8 Å². The number of ether oxygens (including phenoxy) is 3. The molecule has 0 saturated heterocycles. The number of carbonyl (C=O) groups is 1. The maximum absolute atomic E-state index is 11.7. The maximum atomic E-state index is 11.7. The molecule has 0 spiro atoms. The predicted molar refractivity (Wildman–Crippen MR) is 71.4 cm³/mol. The van der Waals surface area contributed by atoms with Crippen LogP contribution in [0.15, 0.2) is 18.2 Å². The molecule has 1 atom stereocenters.